The molecule has 0 radical (unpaired) electrons. The van der Waals surface area contributed by atoms with Gasteiger partial charge in [0.25, 0.3) is 0 Å². The van der Waals surface area contributed by atoms with Gasteiger partial charge < -0.3 is 18.9 Å². The molecular formula is C34H46Cl3FeO4S10. The van der Waals surface area contributed by atoms with Crippen LogP contribution in [0.4, 0.5) is 0 Å². The van der Waals surface area contributed by atoms with Gasteiger partial charge in [0.1, 0.15) is 23.0 Å². The maximum atomic E-state index is 5.70. The second-order valence-corrected chi connectivity index (χ2v) is 25.9. The van der Waals surface area contributed by atoms with Gasteiger partial charge in [0.05, 0.1) is 33.3 Å². The van der Waals surface area contributed by atoms with Crippen molar-refractivity contribution in [3.63, 3.8) is 0 Å². The van der Waals surface area contributed by atoms with Crippen molar-refractivity contribution in [3.05, 3.63) is 57.6 Å². The molecule has 0 aliphatic heterocycles. The SMILES string of the molecule is COc1cc(-c2sc(C)c(SCSC)c2SCSC)c(OC)cc1C.COc1ccc(OC)cc1.CSCSc1cscc1SCSC.[Cl][Fe]([Cl])[Cl]. The maximum absolute atomic E-state index is 5.70. The number of methoxy groups -OCH3 is 4. The average Bonchev–Trinajstić information content (AvgIpc) is 3.73. The van der Waals surface area contributed by atoms with Crippen LogP contribution >= 0.6 is 147 Å². The molecule has 0 N–H and O–H groups in total. The molecule has 0 saturated heterocycles. The van der Waals surface area contributed by atoms with E-state index in [9.17, 15) is 0 Å². The van der Waals surface area contributed by atoms with Gasteiger partial charge in [-0.15, -0.1) is 58.4 Å². The Labute approximate surface area is 371 Å². The first-order valence-electron chi connectivity index (χ1n) is 14.8. The van der Waals surface area contributed by atoms with Gasteiger partial charge in [-0.05, 0) is 80.8 Å². The Balaban J connectivity index is 0.000000415. The van der Waals surface area contributed by atoms with Crippen molar-refractivity contribution in [3.8, 4) is 33.4 Å². The fourth-order valence-corrected chi connectivity index (χ4v) is 13.1. The van der Waals surface area contributed by atoms with E-state index in [1.165, 1.54) is 29.3 Å². The van der Waals surface area contributed by atoms with Crippen LogP contribution in [0.5, 0.6) is 23.0 Å². The average molecular weight is 1000 g/mol. The minimum atomic E-state index is -1.33. The van der Waals surface area contributed by atoms with Crippen LogP contribution in [0.3, 0.4) is 0 Å². The Bertz CT molecular complexity index is 1480. The standard InChI is InChI=1S/C18H24O2S5.C8H10O2.C8H12S5.3ClH.Fe/c1-11-7-15(20-4)13(8-14(11)19-3)17-18(24-10-22-6)16(12(2)25-17)23-9-21-5;1-9-7-3-5-8(10-2)6-4-7;1-9-5-12-7-3-11-4-8(7)13-6-10-2;;;;/h7-8H,9-10H2,1-6H3;3-6H,1-2H3;3-4H,5-6H2,1-2H3;3*1H;/q;;;;;;+3/p-3. The number of rotatable bonds is 17. The van der Waals surface area contributed by atoms with Gasteiger partial charge in [-0.2, -0.15) is 58.4 Å². The van der Waals surface area contributed by atoms with E-state index in [1.54, 1.807) is 39.8 Å². The number of aryl methyl sites for hydroxylation is 2. The van der Waals surface area contributed by atoms with E-state index in [0.717, 1.165) is 54.5 Å². The predicted molar refractivity (Wildman–Crippen MR) is 251 cm³/mol. The molecule has 0 bridgehead atoms. The van der Waals surface area contributed by atoms with Crippen LogP contribution in [0.1, 0.15) is 10.4 Å². The van der Waals surface area contributed by atoms with Gasteiger partial charge in [-0.25, -0.2) is 0 Å². The summed E-state index contributed by atoms with van der Waals surface area (Å²) < 4.78 is 21.2. The normalized spacial score (nSPS) is 10.5. The number of thiophene rings is 2. The van der Waals surface area contributed by atoms with Crippen molar-refractivity contribution in [1.82, 2.24) is 0 Å². The van der Waals surface area contributed by atoms with Gasteiger partial charge in [-0.3, -0.25) is 0 Å². The summed E-state index contributed by atoms with van der Waals surface area (Å²) in [4.78, 5) is 8.36. The number of benzene rings is 2. The fourth-order valence-electron chi connectivity index (χ4n) is 3.89. The Hall–Kier alpha value is 1.23. The summed E-state index contributed by atoms with van der Waals surface area (Å²) in [6, 6.07) is 11.6. The van der Waals surface area contributed by atoms with Crippen LogP contribution in [0.2, 0.25) is 0 Å². The van der Waals surface area contributed by atoms with E-state index in [2.05, 4.69) is 54.8 Å². The van der Waals surface area contributed by atoms with E-state index >= 15 is 0 Å². The number of halogens is 3. The second kappa shape index (κ2) is 31.3. The van der Waals surface area contributed by atoms with Gasteiger partial charge in [0, 0.05) is 61.1 Å². The molecule has 2 aromatic heterocycles. The van der Waals surface area contributed by atoms with Crippen LogP contribution in [-0.2, 0) is 11.2 Å². The second-order valence-electron chi connectivity index (χ2n) is 9.50. The quantitative estimate of drug-likeness (QED) is 0.0574. The first-order valence-corrected chi connectivity index (χ1v) is 30.6. The van der Waals surface area contributed by atoms with Crippen molar-refractivity contribution in [2.45, 2.75) is 33.4 Å². The van der Waals surface area contributed by atoms with Crippen molar-refractivity contribution in [2.24, 2.45) is 0 Å². The summed E-state index contributed by atoms with van der Waals surface area (Å²) in [5, 5.41) is 8.93. The monoisotopic (exact) mass is 999 g/mol. The van der Waals surface area contributed by atoms with Crippen LogP contribution in [-0.4, -0.2) is 73.8 Å². The number of thioether (sulfide) groups is 8. The van der Waals surface area contributed by atoms with E-state index in [0.29, 0.717) is 0 Å². The van der Waals surface area contributed by atoms with Gasteiger partial charge in [-0.1, -0.05) is 0 Å². The zero-order valence-electron chi connectivity index (χ0n) is 30.7. The van der Waals surface area contributed by atoms with Gasteiger partial charge in [0.2, 0.25) is 0 Å². The molecular weight excluding hydrogens is 955 g/mol. The molecule has 0 aliphatic carbocycles. The minimum absolute atomic E-state index is 0.848. The number of hydrogen-bond donors (Lipinski definition) is 0. The predicted octanol–water partition coefficient (Wildman–Crippen LogP) is 15.2. The van der Waals surface area contributed by atoms with Crippen LogP contribution < -0.4 is 18.9 Å². The molecule has 0 saturated carbocycles. The third kappa shape index (κ3) is 19.6. The zero-order valence-corrected chi connectivity index (χ0v) is 42.2. The van der Waals surface area contributed by atoms with Crippen molar-refractivity contribution >= 4 is 147 Å². The summed E-state index contributed by atoms with van der Waals surface area (Å²) in [7, 11) is 21.4. The first-order chi connectivity index (χ1) is 25.0. The third-order valence-corrected chi connectivity index (χ3v) is 17.3. The Kier molecular flexibility index (Phi) is 30.8. The summed E-state index contributed by atoms with van der Waals surface area (Å²) in [5.41, 5.74) is 2.21. The van der Waals surface area contributed by atoms with Crippen LogP contribution in [0, 0.1) is 13.8 Å². The number of hydrogen-bond acceptors (Lipinski definition) is 14. The van der Waals surface area contributed by atoms with Crippen molar-refractivity contribution < 1.29 is 30.1 Å². The fraction of sp³-hybridized carbons (Fsp3) is 0.412. The molecule has 0 amide bonds. The van der Waals surface area contributed by atoms with Crippen molar-refractivity contribution in [1.29, 1.82) is 0 Å². The molecule has 18 heteroatoms. The molecule has 295 valence electrons. The summed E-state index contributed by atoms with van der Waals surface area (Å²) in [6.07, 6.45) is 8.59. The summed E-state index contributed by atoms with van der Waals surface area (Å²) >= 11 is 17.6. The summed E-state index contributed by atoms with van der Waals surface area (Å²) in [6.45, 7) is 4.27. The van der Waals surface area contributed by atoms with Crippen LogP contribution in [0.15, 0.2) is 66.7 Å². The molecule has 0 fully saturated rings. The van der Waals surface area contributed by atoms with E-state index in [1.807, 2.05) is 137 Å². The molecule has 0 aliphatic rings. The molecule has 4 aromatic rings. The van der Waals surface area contributed by atoms with Crippen LogP contribution in [0.25, 0.3) is 10.4 Å². The molecule has 4 rings (SSSR count). The van der Waals surface area contributed by atoms with E-state index < -0.39 is 11.2 Å². The molecule has 0 atom stereocenters. The van der Waals surface area contributed by atoms with E-state index in [4.69, 9.17) is 49.2 Å². The van der Waals surface area contributed by atoms with E-state index in [-0.39, 0.29) is 0 Å². The molecule has 0 unspecified atom stereocenters. The van der Waals surface area contributed by atoms with Crippen molar-refractivity contribution in [2.75, 3.05) is 73.8 Å². The Morgan fingerprint density at radius 2 is 1.02 bits per heavy atom. The molecule has 2 aromatic carbocycles. The first kappa shape index (κ1) is 51.2. The Morgan fingerprint density at radius 3 is 1.42 bits per heavy atom. The zero-order chi connectivity index (χ0) is 38.9. The topological polar surface area (TPSA) is 36.9 Å². The molecule has 4 nitrogen and oxygen atoms in total. The van der Waals surface area contributed by atoms with Gasteiger partial charge in [0.15, 0.2) is 0 Å². The summed E-state index contributed by atoms with van der Waals surface area (Å²) in [5.74, 6) is 3.51. The third-order valence-electron chi connectivity index (χ3n) is 6.14. The molecule has 2 heterocycles. The number of ether oxygens (including phenoxy) is 4. The van der Waals surface area contributed by atoms with Gasteiger partial charge >= 0.3 is 41.5 Å². The Morgan fingerprint density at radius 1 is 0.596 bits per heavy atom. The molecule has 0 spiro atoms. The molecule has 52 heavy (non-hydrogen) atoms.